The van der Waals surface area contributed by atoms with Crippen LogP contribution in [0, 0.1) is 0 Å². The van der Waals surface area contributed by atoms with Crippen LogP contribution >= 0.6 is 0 Å². The molecular weight excluding hydrogens is 1740 g/mol. The summed E-state index contributed by atoms with van der Waals surface area (Å²) in [5.41, 5.74) is 0. The molecule has 125 heavy (non-hydrogen) atoms. The van der Waals surface area contributed by atoms with Crippen molar-refractivity contribution in [2.24, 2.45) is 0 Å². The van der Waals surface area contributed by atoms with Gasteiger partial charge in [-0.1, -0.05) is 0 Å². The van der Waals surface area contributed by atoms with Gasteiger partial charge < -0.3 is 307 Å². The fourth-order valence-corrected chi connectivity index (χ4v) is 10.8. The first-order valence-corrected chi connectivity index (χ1v) is 37.0. The Morgan fingerprint density at radius 1 is 0.280 bits per heavy atom. The van der Waals surface area contributed by atoms with Gasteiger partial charge >= 0.3 is 0 Å². The van der Waals surface area contributed by atoms with Crippen LogP contribution in [0.4, 0.5) is 0 Å². The van der Waals surface area contributed by atoms with Crippen molar-refractivity contribution < 1.29 is 307 Å². The number of carbonyl (C=O) groups excluding carboxylic acids is 3. The molecule has 61 heteroatoms. The molecule has 7 fully saturated rings. The lowest BCUT2D eigenvalue weighted by atomic mass is 9.97. The number of hydrogen-bond donors (Lipinski definition) is 48. The summed E-state index contributed by atoms with van der Waals surface area (Å²) in [7, 11) is 0. The zero-order valence-corrected chi connectivity index (χ0v) is 65.3. The van der Waals surface area contributed by atoms with Gasteiger partial charge in [0.25, 0.3) is 0 Å². The highest BCUT2D eigenvalue weighted by Crippen LogP contribution is 2.37. The number of rotatable bonds is 32. The molecule has 61 nitrogen and oxygen atoms in total. The summed E-state index contributed by atoms with van der Waals surface area (Å²) < 4.78 is 50.5. The van der Waals surface area contributed by atoms with Gasteiger partial charge in [0.15, 0.2) is 56.6 Å². The molecule has 7 aliphatic heterocycles. The first kappa shape index (κ1) is 122. The van der Waals surface area contributed by atoms with Crippen LogP contribution in [-0.4, -0.2) is 644 Å². The molecular formula is C64H124O61. The molecule has 0 amide bonds. The minimum Gasteiger partial charge on any atom is -0.394 e. The van der Waals surface area contributed by atoms with E-state index < -0.39 is 373 Å². The zero-order valence-electron chi connectivity index (χ0n) is 65.3. The van der Waals surface area contributed by atoms with E-state index >= 15 is 0 Å². The van der Waals surface area contributed by atoms with Gasteiger partial charge in [-0.05, 0) is 0 Å². The van der Waals surface area contributed by atoms with Crippen molar-refractivity contribution in [1.82, 2.24) is 0 Å². The van der Waals surface area contributed by atoms with Crippen LogP contribution in [-0.2, 0) is 61.8 Å². The van der Waals surface area contributed by atoms with Gasteiger partial charge in [0.05, 0.1) is 79.3 Å². The summed E-state index contributed by atoms with van der Waals surface area (Å²) in [5.74, 6) is -2.22. The largest absolute Gasteiger partial charge is 0.394 e. The highest BCUT2D eigenvalue weighted by molar-refractivity contribution is 5.57. The lowest BCUT2D eigenvalue weighted by molar-refractivity contribution is -0.383. The third-order valence-corrected chi connectivity index (χ3v) is 18.9. The maximum absolute atomic E-state index is 10.00. The molecule has 48 atom stereocenters. The summed E-state index contributed by atoms with van der Waals surface area (Å²) in [6, 6.07) is 0. The van der Waals surface area contributed by atoms with Crippen molar-refractivity contribution in [3.05, 3.63) is 0 Å². The molecule has 0 saturated carbocycles. The molecule has 0 bridgehead atoms. The molecule has 7 rings (SSSR count). The Morgan fingerprint density at radius 3 is 0.848 bits per heavy atom. The predicted octanol–water partition coefficient (Wildman–Crippen LogP) is -31.9. The summed E-state index contributed by atoms with van der Waals surface area (Å²) in [4.78, 5) is 29.6. The Labute approximate surface area is 703 Å². The van der Waals surface area contributed by atoms with Gasteiger partial charge in [0.2, 0.25) is 5.79 Å². The van der Waals surface area contributed by atoms with E-state index in [4.69, 9.17) is 191 Å². The van der Waals surface area contributed by atoms with E-state index in [9.17, 15) is 111 Å². The molecule has 48 N–H and O–H groups in total. The van der Waals surface area contributed by atoms with E-state index in [0.29, 0.717) is 0 Å². The van der Waals surface area contributed by atoms with Gasteiger partial charge in [-0.2, -0.15) is 0 Å². The smallest absolute Gasteiger partial charge is 0.224 e. The summed E-state index contributed by atoms with van der Waals surface area (Å²) in [5, 5.41) is 438. The second-order valence-electron chi connectivity index (χ2n) is 28.0. The monoisotopic (exact) mass is 1870 g/mol. The SMILES string of the molecule is O=C[C@@H](O)[C@H](O)[C@H](O)CO.O=C[C@H](O)[C@@H](O)[C@@H](O)[C@H](O)CO.O=C[C@H](O)[C@@H](O)[C@H](O)[C@H](O)CO.OC1OC[C@@H](O)[C@H](O)[C@H]1O.OC[C@@H](O)[C@@H](O)[C@H](O)[C@H](O)CO.OC[C@H]1O[C@@](CO)(O[C@H]2O[C@H](CO)[C@@H](O)[C@H](O)[C@H]2O)[C@@H](O)[C@@H]1O.OC[C@H]1O[C@H](O[C@H]2O[C@H](CO)[C@@H](O)[C@H](O)[C@H]2O)[C@H](O)[C@@H](O)[C@@H]1O.OC[C@H]1O[C@H](O[C@H]2[C@H](O)[C@@H](O)[C@H](O)O[C@@H]2CO)[C@H](O)[C@@H](O)[C@@H]1O. The van der Waals surface area contributed by atoms with Crippen LogP contribution in [0.5, 0.6) is 0 Å². The van der Waals surface area contributed by atoms with Crippen molar-refractivity contribution in [3.8, 4) is 0 Å². The third kappa shape index (κ3) is 34.9. The highest BCUT2D eigenvalue weighted by atomic mass is 16.8. The summed E-state index contributed by atoms with van der Waals surface area (Å²) in [6.45, 7) is -8.82. The molecule has 0 aromatic carbocycles. The zero-order chi connectivity index (χ0) is 97.0. The summed E-state index contributed by atoms with van der Waals surface area (Å²) >= 11 is 0. The van der Waals surface area contributed by atoms with Crippen LogP contribution in [0.1, 0.15) is 0 Å². The Balaban J connectivity index is 0.00000144. The standard InChI is InChI=1S/3C12H22O11.C6H14O6.2C6H12O6.2C5H10O5/c13-1-4-6(16)8(18)9(19)11(21-4)23-12(3-15)10(20)7(17)5(2-14)22-12;13-1-3-5(15)6(16)9(19)12(22-3)23-10-4(2-14)21-11(20)8(18)7(10)17;13-1-3-5(15)7(17)9(19)11(21-3)23-12-10(20)8(18)6(16)4(2-14)22-12;3*7-1-3(9)5(11)6(12)4(10)2-8;6-2-1-10-5(9)4(8)3(2)7;6-1-3(8)5(10)4(9)2-7/h4-11,13-20H,1-3H2;2*3-20H,1-2H2;3-12H,1-2H2;2*1,3-6,8-12H,2H2;2-9H,1H2;1,3-5,7-10H,2H2/t4-,5-,6-,7-,8+,9-,10+,11-,12+;3-,4-,5-,6+,7-,8-,9-,10-,11-,12-;3-,4-,5-,6-,7+,8+,9-,10-,11-,12-;3-,4-,5-,6-;3-,4+,5+,6+;3-,4+,5+,6-;2-,3+,4-,5?;3-,4-,5+/m11110011/s1. The molecule has 7 aliphatic rings. The van der Waals surface area contributed by atoms with Gasteiger partial charge in [0.1, 0.15) is 257 Å². The topological polar surface area (TPSA) is 1110 Å². The highest BCUT2D eigenvalue weighted by Gasteiger charge is 2.59. The van der Waals surface area contributed by atoms with Crippen LogP contribution in [0.3, 0.4) is 0 Å². The maximum atomic E-state index is 10.00. The van der Waals surface area contributed by atoms with E-state index in [-0.39, 0.29) is 25.5 Å². The van der Waals surface area contributed by atoms with E-state index in [2.05, 4.69) is 4.74 Å². The Kier molecular flexibility index (Phi) is 58.5. The first-order valence-electron chi connectivity index (χ1n) is 37.0. The number of aliphatic hydroxyl groups is 48. The summed E-state index contributed by atoms with van der Waals surface area (Å²) in [6.07, 6.45) is -73.7. The average molecular weight is 1870 g/mol. The number of hydrogen-bond acceptors (Lipinski definition) is 61. The molecule has 0 spiro atoms. The van der Waals surface area contributed by atoms with Crippen molar-refractivity contribution in [1.29, 1.82) is 0 Å². The van der Waals surface area contributed by atoms with Crippen molar-refractivity contribution in [2.75, 3.05) is 85.9 Å². The first-order chi connectivity index (χ1) is 58.3. The minimum absolute atomic E-state index is 0.0258. The van der Waals surface area contributed by atoms with Crippen molar-refractivity contribution in [2.45, 2.75) is 294 Å². The van der Waals surface area contributed by atoms with Crippen LogP contribution in [0.2, 0.25) is 0 Å². The van der Waals surface area contributed by atoms with Crippen molar-refractivity contribution >= 4 is 18.9 Å². The average Bonchev–Trinajstić information content (AvgIpc) is 1.66. The minimum atomic E-state index is -2.22. The number of carbonyl (C=O) groups is 3. The van der Waals surface area contributed by atoms with Gasteiger partial charge in [-0.3, -0.25) is 0 Å². The maximum Gasteiger partial charge on any atom is 0.224 e. The fourth-order valence-electron chi connectivity index (χ4n) is 10.8. The lowest BCUT2D eigenvalue weighted by Gasteiger charge is -2.45. The van der Waals surface area contributed by atoms with E-state index in [1.54, 1.807) is 0 Å². The van der Waals surface area contributed by atoms with E-state index in [1.807, 2.05) is 0 Å². The second-order valence-corrected chi connectivity index (χ2v) is 28.0. The lowest BCUT2D eigenvalue weighted by Crippen LogP contribution is -2.64. The second kappa shape index (κ2) is 60.0. The molecule has 1 unspecified atom stereocenters. The van der Waals surface area contributed by atoms with Gasteiger partial charge in [-0.25, -0.2) is 0 Å². The molecule has 7 saturated heterocycles. The Hall–Kier alpha value is -3.31. The fraction of sp³-hybridized carbons (Fsp3) is 0.953. The van der Waals surface area contributed by atoms with Crippen LogP contribution in [0.15, 0.2) is 0 Å². The molecule has 0 aromatic rings. The molecule has 7 heterocycles. The van der Waals surface area contributed by atoms with Gasteiger partial charge in [0, 0.05) is 0 Å². The molecule has 0 radical (unpaired) electrons. The van der Waals surface area contributed by atoms with E-state index in [1.165, 1.54) is 0 Å². The normalized spacial score (nSPS) is 40.0. The van der Waals surface area contributed by atoms with Crippen LogP contribution < -0.4 is 0 Å². The number of ether oxygens (including phenoxy) is 10. The predicted molar refractivity (Wildman–Crippen MR) is 380 cm³/mol. The Morgan fingerprint density at radius 2 is 0.560 bits per heavy atom. The molecule has 746 valence electrons. The number of aliphatic hydroxyl groups excluding tert-OH is 48. The van der Waals surface area contributed by atoms with E-state index in [0.717, 1.165) is 0 Å². The quantitative estimate of drug-likeness (QED) is 0.0278. The van der Waals surface area contributed by atoms with Crippen molar-refractivity contribution in [3.63, 3.8) is 0 Å². The number of aldehydes is 3. The Bertz CT molecular complexity index is 2690. The molecule has 0 aromatic heterocycles. The molecule has 0 aliphatic carbocycles. The van der Waals surface area contributed by atoms with Crippen LogP contribution in [0.25, 0.3) is 0 Å². The van der Waals surface area contributed by atoms with Gasteiger partial charge in [-0.15, -0.1) is 0 Å². The third-order valence-electron chi connectivity index (χ3n) is 18.9.